The van der Waals surface area contributed by atoms with E-state index in [9.17, 15) is 4.79 Å². The summed E-state index contributed by atoms with van der Waals surface area (Å²) in [4.78, 5) is 16.6. The Morgan fingerprint density at radius 2 is 1.75 bits per heavy atom. The molecular formula is C23H30N2O3. The molecule has 1 heterocycles. The second-order valence-electron chi connectivity index (χ2n) is 7.41. The van der Waals surface area contributed by atoms with Gasteiger partial charge < -0.3 is 19.3 Å². The smallest absolute Gasteiger partial charge is 0.260 e. The summed E-state index contributed by atoms with van der Waals surface area (Å²) in [6.45, 7) is 4.81. The highest BCUT2D eigenvalue weighted by atomic mass is 16.5. The van der Waals surface area contributed by atoms with Gasteiger partial charge in [0.1, 0.15) is 0 Å². The first-order chi connectivity index (χ1) is 13.6. The Bertz CT molecular complexity index is 783. The maximum atomic E-state index is 12.5. The molecule has 1 saturated heterocycles. The third-order valence-corrected chi connectivity index (χ3v) is 5.17. The molecule has 0 aromatic heterocycles. The third-order valence-electron chi connectivity index (χ3n) is 5.17. The topological polar surface area (TPSA) is 42.0 Å². The molecule has 0 bridgehead atoms. The fraction of sp³-hybridized carbons (Fsp3) is 0.435. The molecule has 5 heteroatoms. The standard InChI is InChI=1S/C23H30N2O3/c1-18-7-12-21(22(15-18)27-3)28-17-23(26)24(2)16-19-8-10-20(11-9-19)25-13-5-4-6-14-25/h7-12,15H,4-6,13-14,16-17H2,1-3H3. The highest BCUT2D eigenvalue weighted by Gasteiger charge is 2.14. The number of amides is 1. The van der Waals surface area contributed by atoms with Crippen molar-refractivity contribution in [3.05, 3.63) is 53.6 Å². The lowest BCUT2D eigenvalue weighted by Gasteiger charge is -2.29. The van der Waals surface area contributed by atoms with Gasteiger partial charge in [-0.25, -0.2) is 0 Å². The number of benzene rings is 2. The quantitative estimate of drug-likeness (QED) is 0.725. The molecule has 2 aromatic carbocycles. The van der Waals surface area contributed by atoms with Crippen LogP contribution >= 0.6 is 0 Å². The van der Waals surface area contributed by atoms with E-state index in [0.717, 1.165) is 24.2 Å². The van der Waals surface area contributed by atoms with E-state index >= 15 is 0 Å². The summed E-state index contributed by atoms with van der Waals surface area (Å²) in [6.07, 6.45) is 3.87. The van der Waals surface area contributed by atoms with Gasteiger partial charge in [0.25, 0.3) is 5.91 Å². The van der Waals surface area contributed by atoms with Gasteiger partial charge >= 0.3 is 0 Å². The van der Waals surface area contributed by atoms with Crippen molar-refractivity contribution in [1.82, 2.24) is 4.90 Å². The fourth-order valence-electron chi connectivity index (χ4n) is 3.47. The number of hydrogen-bond acceptors (Lipinski definition) is 4. The van der Waals surface area contributed by atoms with Gasteiger partial charge in [-0.1, -0.05) is 18.2 Å². The molecule has 2 aromatic rings. The van der Waals surface area contributed by atoms with Crippen LogP contribution in [-0.4, -0.2) is 44.7 Å². The van der Waals surface area contributed by atoms with E-state index < -0.39 is 0 Å². The number of piperidine rings is 1. The number of methoxy groups -OCH3 is 1. The number of likely N-dealkylation sites (N-methyl/N-ethyl adjacent to an activating group) is 1. The highest BCUT2D eigenvalue weighted by Crippen LogP contribution is 2.27. The Kier molecular flexibility index (Phi) is 6.80. The molecule has 0 atom stereocenters. The van der Waals surface area contributed by atoms with Gasteiger partial charge in [0.05, 0.1) is 7.11 Å². The number of carbonyl (C=O) groups is 1. The summed E-state index contributed by atoms with van der Waals surface area (Å²) >= 11 is 0. The number of nitrogens with zero attached hydrogens (tertiary/aromatic N) is 2. The molecule has 0 radical (unpaired) electrons. The molecule has 0 saturated carbocycles. The summed E-state index contributed by atoms with van der Waals surface area (Å²) in [7, 11) is 3.40. The Morgan fingerprint density at radius 1 is 1.04 bits per heavy atom. The van der Waals surface area contributed by atoms with E-state index in [-0.39, 0.29) is 12.5 Å². The second kappa shape index (κ2) is 9.49. The first-order valence-electron chi connectivity index (χ1n) is 9.92. The van der Waals surface area contributed by atoms with Crippen LogP contribution in [-0.2, 0) is 11.3 Å². The highest BCUT2D eigenvalue weighted by molar-refractivity contribution is 5.77. The van der Waals surface area contributed by atoms with Crippen LogP contribution < -0.4 is 14.4 Å². The van der Waals surface area contributed by atoms with Crippen molar-refractivity contribution >= 4 is 11.6 Å². The van der Waals surface area contributed by atoms with Crippen LogP contribution in [0.15, 0.2) is 42.5 Å². The van der Waals surface area contributed by atoms with Crippen LogP contribution in [0.25, 0.3) is 0 Å². The normalized spacial score (nSPS) is 13.9. The molecule has 150 valence electrons. The second-order valence-corrected chi connectivity index (χ2v) is 7.41. The van der Waals surface area contributed by atoms with E-state index in [4.69, 9.17) is 9.47 Å². The van der Waals surface area contributed by atoms with Crippen LogP contribution in [0.5, 0.6) is 11.5 Å². The van der Waals surface area contributed by atoms with Crippen molar-refractivity contribution in [1.29, 1.82) is 0 Å². The molecule has 3 rings (SSSR count). The van der Waals surface area contributed by atoms with Gasteiger partial charge in [-0.3, -0.25) is 4.79 Å². The summed E-state index contributed by atoms with van der Waals surface area (Å²) in [5.41, 5.74) is 3.47. The zero-order valence-electron chi connectivity index (χ0n) is 17.1. The molecule has 1 aliphatic rings. The predicted octanol–water partition coefficient (Wildman–Crippen LogP) is 4.03. The lowest BCUT2D eigenvalue weighted by molar-refractivity contribution is -0.132. The number of hydrogen-bond donors (Lipinski definition) is 0. The van der Waals surface area contributed by atoms with Crippen LogP contribution in [0, 0.1) is 6.92 Å². The van der Waals surface area contributed by atoms with Crippen LogP contribution in [0.2, 0.25) is 0 Å². The Morgan fingerprint density at radius 3 is 2.43 bits per heavy atom. The molecule has 1 aliphatic heterocycles. The first-order valence-corrected chi connectivity index (χ1v) is 9.92. The van der Waals surface area contributed by atoms with Crippen LogP contribution in [0.3, 0.4) is 0 Å². The third kappa shape index (κ3) is 5.18. The predicted molar refractivity (Wildman–Crippen MR) is 112 cm³/mol. The zero-order valence-corrected chi connectivity index (χ0v) is 17.1. The molecule has 0 unspecified atom stereocenters. The monoisotopic (exact) mass is 382 g/mol. The molecule has 1 fully saturated rings. The van der Waals surface area contributed by atoms with Crippen LogP contribution in [0.1, 0.15) is 30.4 Å². The van der Waals surface area contributed by atoms with Gasteiger partial charge in [0.2, 0.25) is 0 Å². The minimum atomic E-state index is -0.0669. The minimum Gasteiger partial charge on any atom is -0.493 e. The summed E-state index contributed by atoms with van der Waals surface area (Å²) in [6, 6.07) is 14.2. The van der Waals surface area contributed by atoms with E-state index in [2.05, 4.69) is 29.2 Å². The lowest BCUT2D eigenvalue weighted by Crippen LogP contribution is -2.31. The van der Waals surface area contributed by atoms with E-state index in [1.165, 1.54) is 24.9 Å². The van der Waals surface area contributed by atoms with Crippen molar-refractivity contribution in [2.75, 3.05) is 38.8 Å². The molecule has 5 nitrogen and oxygen atoms in total. The van der Waals surface area contributed by atoms with Crippen molar-refractivity contribution in [2.24, 2.45) is 0 Å². The van der Waals surface area contributed by atoms with Crippen LogP contribution in [0.4, 0.5) is 5.69 Å². The van der Waals surface area contributed by atoms with Crippen molar-refractivity contribution in [2.45, 2.75) is 32.7 Å². The molecule has 0 aliphatic carbocycles. The Hall–Kier alpha value is -2.69. The van der Waals surface area contributed by atoms with Gasteiger partial charge in [0, 0.05) is 32.4 Å². The maximum Gasteiger partial charge on any atom is 0.260 e. The summed E-state index contributed by atoms with van der Waals surface area (Å²) < 4.78 is 11.0. The molecule has 1 amide bonds. The first kappa shape index (κ1) is 20.1. The molecule has 0 N–H and O–H groups in total. The number of ether oxygens (including phenoxy) is 2. The SMILES string of the molecule is COc1cc(C)ccc1OCC(=O)N(C)Cc1ccc(N2CCCCC2)cc1. The lowest BCUT2D eigenvalue weighted by atomic mass is 10.1. The van der Waals surface area contributed by atoms with Crippen molar-refractivity contribution in [3.63, 3.8) is 0 Å². The maximum absolute atomic E-state index is 12.5. The summed E-state index contributed by atoms with van der Waals surface area (Å²) in [5, 5.41) is 0. The van der Waals surface area contributed by atoms with E-state index in [1.807, 2.05) is 25.1 Å². The molecule has 0 spiro atoms. The fourth-order valence-corrected chi connectivity index (χ4v) is 3.47. The number of anilines is 1. The minimum absolute atomic E-state index is 0.0121. The Balaban J connectivity index is 1.52. The summed E-state index contributed by atoms with van der Waals surface area (Å²) in [5.74, 6) is 1.16. The van der Waals surface area contributed by atoms with Gasteiger partial charge in [0.15, 0.2) is 18.1 Å². The number of rotatable bonds is 7. The average molecular weight is 383 g/mol. The van der Waals surface area contributed by atoms with Crippen molar-refractivity contribution < 1.29 is 14.3 Å². The Labute approximate surface area is 167 Å². The van der Waals surface area contributed by atoms with E-state index in [1.54, 1.807) is 19.1 Å². The van der Waals surface area contributed by atoms with Gasteiger partial charge in [-0.05, 0) is 61.6 Å². The van der Waals surface area contributed by atoms with Gasteiger partial charge in [-0.15, -0.1) is 0 Å². The zero-order chi connectivity index (χ0) is 19.9. The molecular weight excluding hydrogens is 352 g/mol. The van der Waals surface area contributed by atoms with Crippen molar-refractivity contribution in [3.8, 4) is 11.5 Å². The van der Waals surface area contributed by atoms with Gasteiger partial charge in [-0.2, -0.15) is 0 Å². The number of aryl methyl sites for hydroxylation is 1. The largest absolute Gasteiger partial charge is 0.493 e. The molecule has 28 heavy (non-hydrogen) atoms. The average Bonchev–Trinajstić information content (AvgIpc) is 2.73. The van der Waals surface area contributed by atoms with E-state index in [0.29, 0.717) is 18.0 Å². The number of carbonyl (C=O) groups excluding carboxylic acids is 1.